The molecule has 2 amide bonds. The van der Waals surface area contributed by atoms with Crippen LogP contribution in [-0.2, 0) is 9.53 Å². The lowest BCUT2D eigenvalue weighted by molar-refractivity contribution is -0.110. The molecule has 3 rings (SSSR count). The summed E-state index contributed by atoms with van der Waals surface area (Å²) in [6, 6.07) is 11.6. The molecule has 3 N–H and O–H groups in total. The Kier molecular flexibility index (Phi) is 3.72. The Morgan fingerprint density at radius 1 is 1.22 bits per heavy atom. The first-order valence-corrected chi connectivity index (χ1v) is 6.88. The van der Waals surface area contributed by atoms with E-state index in [2.05, 4.69) is 15.4 Å². The van der Waals surface area contributed by atoms with E-state index in [1.807, 2.05) is 0 Å². The van der Waals surface area contributed by atoms with Crippen molar-refractivity contribution in [1.82, 2.24) is 0 Å². The normalized spacial score (nSPS) is 14.3. The molecule has 0 aliphatic carbocycles. The first kappa shape index (κ1) is 14.6. The summed E-state index contributed by atoms with van der Waals surface area (Å²) in [7, 11) is 1.28. The van der Waals surface area contributed by atoms with Gasteiger partial charge >= 0.3 is 6.09 Å². The van der Waals surface area contributed by atoms with Gasteiger partial charge in [0.25, 0.3) is 5.91 Å². The molecule has 1 aliphatic rings. The van der Waals surface area contributed by atoms with Gasteiger partial charge < -0.3 is 15.2 Å². The number of benzene rings is 2. The summed E-state index contributed by atoms with van der Waals surface area (Å²) in [6.45, 7) is 0. The molecule has 1 aliphatic heterocycles. The van der Waals surface area contributed by atoms with Crippen LogP contribution in [-0.4, -0.2) is 24.2 Å². The quantitative estimate of drug-likeness (QED) is 0.744. The van der Waals surface area contributed by atoms with Crippen molar-refractivity contribution < 1.29 is 19.4 Å². The van der Waals surface area contributed by atoms with Gasteiger partial charge in [-0.05, 0) is 42.0 Å². The van der Waals surface area contributed by atoms with E-state index in [1.54, 1.807) is 48.5 Å². The number of anilines is 2. The summed E-state index contributed by atoms with van der Waals surface area (Å²) in [4.78, 5) is 23.4. The van der Waals surface area contributed by atoms with E-state index in [9.17, 15) is 14.7 Å². The van der Waals surface area contributed by atoms with Gasteiger partial charge in [0, 0.05) is 22.5 Å². The summed E-state index contributed by atoms with van der Waals surface area (Å²) in [5.41, 5.74) is 3.17. The molecule has 116 valence electrons. The molecular weight excluding hydrogens is 296 g/mol. The lowest BCUT2D eigenvalue weighted by Gasteiger charge is -2.06. The number of aromatic hydroxyl groups is 1. The Morgan fingerprint density at radius 3 is 2.65 bits per heavy atom. The van der Waals surface area contributed by atoms with Gasteiger partial charge in [-0.25, -0.2) is 4.79 Å². The monoisotopic (exact) mass is 310 g/mol. The molecule has 0 atom stereocenters. The molecule has 0 spiro atoms. The summed E-state index contributed by atoms with van der Waals surface area (Å²) in [5, 5.41) is 14.7. The second-order valence-corrected chi connectivity index (χ2v) is 4.98. The molecule has 0 aromatic heterocycles. The zero-order valence-corrected chi connectivity index (χ0v) is 12.3. The van der Waals surface area contributed by atoms with Crippen molar-refractivity contribution in [2.24, 2.45) is 0 Å². The van der Waals surface area contributed by atoms with Crippen molar-refractivity contribution in [2.45, 2.75) is 0 Å². The fourth-order valence-electron chi connectivity index (χ4n) is 2.32. The van der Waals surface area contributed by atoms with Crippen LogP contribution in [0.1, 0.15) is 11.1 Å². The number of rotatable bonds is 2. The highest BCUT2D eigenvalue weighted by molar-refractivity contribution is 6.35. The minimum Gasteiger partial charge on any atom is -0.508 e. The molecular formula is C17H14N2O4. The average molecular weight is 310 g/mol. The molecule has 1 heterocycles. The maximum absolute atomic E-state index is 12.2. The fourth-order valence-corrected chi connectivity index (χ4v) is 2.32. The predicted molar refractivity (Wildman–Crippen MR) is 87.1 cm³/mol. The Labute approximate surface area is 132 Å². The van der Waals surface area contributed by atoms with Gasteiger partial charge in [-0.2, -0.15) is 0 Å². The van der Waals surface area contributed by atoms with Crippen LogP contribution >= 0.6 is 0 Å². The number of hydrogen-bond donors (Lipinski definition) is 3. The summed E-state index contributed by atoms with van der Waals surface area (Å²) in [5.74, 6) is -0.0590. The van der Waals surface area contributed by atoms with E-state index >= 15 is 0 Å². The van der Waals surface area contributed by atoms with E-state index in [-0.39, 0.29) is 11.7 Å². The third kappa shape index (κ3) is 3.01. The van der Waals surface area contributed by atoms with Crippen LogP contribution in [0.3, 0.4) is 0 Å². The minimum atomic E-state index is -0.578. The molecule has 6 nitrogen and oxygen atoms in total. The standard InChI is InChI=1S/C17H14N2O4/c1-23-17(22)18-11-4-7-15-13(9-11)14(16(21)19-15)8-10-2-5-12(20)6-3-10/h2-9,20H,1H3,(H,18,22)(H,19,21)/b14-8-. The Hall–Kier alpha value is -3.28. The Bertz CT molecular complexity index is 810. The molecule has 0 radical (unpaired) electrons. The van der Waals surface area contributed by atoms with Gasteiger partial charge in [-0.3, -0.25) is 10.1 Å². The van der Waals surface area contributed by atoms with Crippen molar-refractivity contribution in [3.63, 3.8) is 0 Å². The molecule has 6 heteroatoms. The predicted octanol–water partition coefficient (Wildman–Crippen LogP) is 3.06. The smallest absolute Gasteiger partial charge is 0.411 e. The first-order chi connectivity index (χ1) is 11.1. The highest BCUT2D eigenvalue weighted by Crippen LogP contribution is 2.35. The SMILES string of the molecule is COC(=O)Nc1ccc2c(c1)/C(=C/c1ccc(O)cc1)C(=O)N2. The van der Waals surface area contributed by atoms with E-state index in [0.29, 0.717) is 22.5 Å². The van der Waals surface area contributed by atoms with Crippen molar-refractivity contribution in [3.05, 3.63) is 53.6 Å². The van der Waals surface area contributed by atoms with E-state index in [4.69, 9.17) is 0 Å². The third-order valence-corrected chi connectivity index (χ3v) is 3.44. The second kappa shape index (κ2) is 5.84. The number of phenolic OH excluding ortho intramolecular Hbond substituents is 1. The van der Waals surface area contributed by atoms with Crippen LogP contribution in [0.15, 0.2) is 42.5 Å². The van der Waals surface area contributed by atoms with Gasteiger partial charge in [0.15, 0.2) is 0 Å². The number of amides is 2. The molecule has 23 heavy (non-hydrogen) atoms. The topological polar surface area (TPSA) is 87.7 Å². The number of carbonyl (C=O) groups is 2. The maximum Gasteiger partial charge on any atom is 0.411 e. The van der Waals surface area contributed by atoms with Gasteiger partial charge in [0.1, 0.15) is 5.75 Å². The number of methoxy groups -OCH3 is 1. The maximum atomic E-state index is 12.2. The largest absolute Gasteiger partial charge is 0.508 e. The highest BCUT2D eigenvalue weighted by Gasteiger charge is 2.24. The molecule has 0 fully saturated rings. The van der Waals surface area contributed by atoms with E-state index < -0.39 is 6.09 Å². The summed E-state index contributed by atoms with van der Waals surface area (Å²) < 4.78 is 4.56. The molecule has 2 aromatic carbocycles. The van der Waals surface area contributed by atoms with Crippen molar-refractivity contribution in [2.75, 3.05) is 17.7 Å². The molecule has 0 unspecified atom stereocenters. The number of phenols is 1. The van der Waals surface area contributed by atoms with Crippen molar-refractivity contribution in [3.8, 4) is 5.75 Å². The van der Waals surface area contributed by atoms with Gasteiger partial charge in [0.05, 0.1) is 7.11 Å². The van der Waals surface area contributed by atoms with Crippen LogP contribution < -0.4 is 10.6 Å². The Balaban J connectivity index is 1.98. The number of nitrogens with one attached hydrogen (secondary N) is 2. The van der Waals surface area contributed by atoms with Crippen LogP contribution in [0.5, 0.6) is 5.75 Å². The minimum absolute atomic E-state index is 0.160. The van der Waals surface area contributed by atoms with E-state index in [1.165, 1.54) is 7.11 Å². The van der Waals surface area contributed by atoms with Crippen LogP contribution in [0.25, 0.3) is 11.6 Å². The van der Waals surface area contributed by atoms with Gasteiger partial charge in [-0.1, -0.05) is 12.1 Å². The van der Waals surface area contributed by atoms with Crippen molar-refractivity contribution in [1.29, 1.82) is 0 Å². The summed E-state index contributed by atoms with van der Waals surface area (Å²) in [6.07, 6.45) is 1.15. The molecule has 2 aromatic rings. The number of ether oxygens (including phenoxy) is 1. The van der Waals surface area contributed by atoms with Crippen LogP contribution in [0.4, 0.5) is 16.2 Å². The number of fused-ring (bicyclic) bond motifs is 1. The second-order valence-electron chi connectivity index (χ2n) is 4.98. The Morgan fingerprint density at radius 2 is 1.96 bits per heavy atom. The van der Waals surface area contributed by atoms with Gasteiger partial charge in [0.2, 0.25) is 0 Å². The van der Waals surface area contributed by atoms with Crippen LogP contribution in [0.2, 0.25) is 0 Å². The average Bonchev–Trinajstić information content (AvgIpc) is 2.85. The molecule has 0 saturated carbocycles. The van der Waals surface area contributed by atoms with Crippen molar-refractivity contribution >= 4 is 35.0 Å². The highest BCUT2D eigenvalue weighted by atomic mass is 16.5. The molecule has 0 bridgehead atoms. The molecule has 0 saturated heterocycles. The first-order valence-electron chi connectivity index (χ1n) is 6.88. The zero-order chi connectivity index (χ0) is 16.4. The van der Waals surface area contributed by atoms with Gasteiger partial charge in [-0.15, -0.1) is 0 Å². The third-order valence-electron chi connectivity index (χ3n) is 3.44. The summed E-state index contributed by atoms with van der Waals surface area (Å²) >= 11 is 0. The zero-order valence-electron chi connectivity index (χ0n) is 12.3. The lowest BCUT2D eigenvalue weighted by atomic mass is 10.0. The number of hydrogen-bond acceptors (Lipinski definition) is 4. The van der Waals surface area contributed by atoms with E-state index in [0.717, 1.165) is 5.56 Å². The fraction of sp³-hybridized carbons (Fsp3) is 0.0588. The number of carbonyl (C=O) groups excluding carboxylic acids is 2. The van der Waals surface area contributed by atoms with Crippen LogP contribution in [0, 0.1) is 0 Å². The lowest BCUT2D eigenvalue weighted by Crippen LogP contribution is -2.10.